The molecule has 0 saturated carbocycles. The zero-order chi connectivity index (χ0) is 22.6. The number of nitrogens with one attached hydrogen (secondary N) is 1. The first-order valence-corrected chi connectivity index (χ1v) is 11.9. The molecular formula is C23H24N8OS. The van der Waals surface area contributed by atoms with Crippen molar-refractivity contribution in [1.82, 2.24) is 24.7 Å². The topological polar surface area (TPSA) is 122 Å². The van der Waals surface area contributed by atoms with Crippen LogP contribution in [-0.2, 0) is 17.0 Å². The minimum absolute atomic E-state index is 0.412. The number of nitrogens with zero attached hydrogens (tertiary/aromatic N) is 6. The van der Waals surface area contributed by atoms with Crippen LogP contribution < -0.4 is 10.6 Å². The number of ether oxygens (including phenoxy) is 1. The molecule has 0 aliphatic carbocycles. The van der Waals surface area contributed by atoms with E-state index in [1.807, 2.05) is 6.20 Å². The number of nitriles is 1. The average molecular weight is 461 g/mol. The molecule has 4 aromatic rings. The maximum absolute atomic E-state index is 9.04. The highest BCUT2D eigenvalue weighted by Crippen LogP contribution is 2.26. The Labute approximate surface area is 195 Å². The van der Waals surface area contributed by atoms with Crippen LogP contribution in [0, 0.1) is 11.3 Å². The minimum atomic E-state index is 0.412. The fraction of sp³-hybridized carbons (Fsp3) is 0.304. The first-order valence-electron chi connectivity index (χ1n) is 10.8. The first kappa shape index (κ1) is 21.3. The van der Waals surface area contributed by atoms with Crippen molar-refractivity contribution in [2.75, 3.05) is 42.7 Å². The molecule has 1 aromatic carbocycles. The predicted molar refractivity (Wildman–Crippen MR) is 130 cm³/mol. The molecule has 0 unspecified atom stereocenters. The number of hydrogen-bond donors (Lipinski definition) is 2. The van der Waals surface area contributed by atoms with Crippen molar-refractivity contribution in [3.05, 3.63) is 54.0 Å². The van der Waals surface area contributed by atoms with E-state index in [1.54, 1.807) is 16.4 Å². The number of morpholine rings is 1. The van der Waals surface area contributed by atoms with Crippen molar-refractivity contribution in [2.24, 2.45) is 0 Å². The number of nitrogen functional groups attached to an aromatic ring is 1. The van der Waals surface area contributed by atoms with Crippen LogP contribution in [-0.4, -0.2) is 56.8 Å². The van der Waals surface area contributed by atoms with Gasteiger partial charge in [-0.3, -0.25) is 0 Å². The zero-order valence-electron chi connectivity index (χ0n) is 18.1. The number of aromatic nitrogens is 5. The Hall–Kier alpha value is -3.55. The highest BCUT2D eigenvalue weighted by atomic mass is 32.2. The van der Waals surface area contributed by atoms with Gasteiger partial charge in [0.25, 0.3) is 0 Å². The summed E-state index contributed by atoms with van der Waals surface area (Å²) in [4.78, 5) is 15.3. The maximum Gasteiger partial charge on any atom is 0.161 e. The van der Waals surface area contributed by atoms with Crippen LogP contribution in [0.4, 0.5) is 11.6 Å². The van der Waals surface area contributed by atoms with Crippen molar-refractivity contribution < 1.29 is 4.74 Å². The fourth-order valence-electron chi connectivity index (χ4n) is 3.82. The SMILES string of the molecule is N#Cc1cnn(CCSCc2cc(N3CCOCC3)nc(-c3ccc4[nH]ccc4c3)n2)c1N. The van der Waals surface area contributed by atoms with Gasteiger partial charge in [0.1, 0.15) is 23.3 Å². The molecule has 0 bridgehead atoms. The molecule has 1 aliphatic rings. The third-order valence-corrected chi connectivity index (χ3v) is 6.58. The monoisotopic (exact) mass is 460 g/mol. The second-order valence-electron chi connectivity index (χ2n) is 7.75. The highest BCUT2D eigenvalue weighted by molar-refractivity contribution is 7.98. The Kier molecular flexibility index (Phi) is 6.15. The second kappa shape index (κ2) is 9.52. The number of aromatic amines is 1. The van der Waals surface area contributed by atoms with Gasteiger partial charge in [0.15, 0.2) is 5.82 Å². The number of thioether (sulfide) groups is 1. The molecule has 168 valence electrons. The van der Waals surface area contributed by atoms with Crippen LogP contribution in [0.3, 0.4) is 0 Å². The van der Waals surface area contributed by atoms with Crippen LogP contribution in [0.2, 0.25) is 0 Å². The lowest BCUT2D eigenvalue weighted by Crippen LogP contribution is -2.37. The smallest absolute Gasteiger partial charge is 0.161 e. The van der Waals surface area contributed by atoms with E-state index in [4.69, 9.17) is 25.7 Å². The summed E-state index contributed by atoms with van der Waals surface area (Å²) >= 11 is 1.75. The molecule has 3 N–H and O–H groups in total. The molecule has 0 atom stereocenters. The molecule has 33 heavy (non-hydrogen) atoms. The van der Waals surface area contributed by atoms with Gasteiger partial charge < -0.3 is 20.4 Å². The van der Waals surface area contributed by atoms with E-state index in [-0.39, 0.29) is 0 Å². The molecule has 10 heteroatoms. The van der Waals surface area contributed by atoms with E-state index in [1.165, 1.54) is 6.20 Å². The third kappa shape index (κ3) is 4.65. The largest absolute Gasteiger partial charge is 0.383 e. The fourth-order valence-corrected chi connectivity index (χ4v) is 4.62. The summed E-state index contributed by atoms with van der Waals surface area (Å²) < 4.78 is 7.18. The lowest BCUT2D eigenvalue weighted by molar-refractivity contribution is 0.122. The molecule has 0 radical (unpaired) electrons. The summed E-state index contributed by atoms with van der Waals surface area (Å²) in [5, 5.41) is 14.4. The van der Waals surface area contributed by atoms with Gasteiger partial charge in [0.2, 0.25) is 0 Å². The number of benzene rings is 1. The predicted octanol–water partition coefficient (Wildman–Crippen LogP) is 3.05. The Morgan fingerprint density at radius 3 is 2.88 bits per heavy atom. The molecule has 3 aromatic heterocycles. The number of rotatable bonds is 7. The van der Waals surface area contributed by atoms with E-state index >= 15 is 0 Å². The van der Waals surface area contributed by atoms with Crippen molar-refractivity contribution in [2.45, 2.75) is 12.3 Å². The van der Waals surface area contributed by atoms with Crippen molar-refractivity contribution in [3.63, 3.8) is 0 Å². The van der Waals surface area contributed by atoms with Crippen molar-refractivity contribution in [3.8, 4) is 17.5 Å². The number of hydrogen-bond acceptors (Lipinski definition) is 8. The Morgan fingerprint density at radius 2 is 2.06 bits per heavy atom. The van der Waals surface area contributed by atoms with Crippen LogP contribution in [0.15, 0.2) is 42.7 Å². The molecule has 0 amide bonds. The van der Waals surface area contributed by atoms with Gasteiger partial charge in [0.05, 0.1) is 31.6 Å². The van der Waals surface area contributed by atoms with E-state index < -0.39 is 0 Å². The number of anilines is 2. The van der Waals surface area contributed by atoms with Crippen molar-refractivity contribution in [1.29, 1.82) is 5.26 Å². The first-order chi connectivity index (χ1) is 16.2. The molecule has 1 saturated heterocycles. The van der Waals surface area contributed by atoms with Gasteiger partial charge >= 0.3 is 0 Å². The molecule has 9 nitrogen and oxygen atoms in total. The van der Waals surface area contributed by atoms with Gasteiger partial charge in [-0.25, -0.2) is 14.6 Å². The number of fused-ring (bicyclic) bond motifs is 1. The highest BCUT2D eigenvalue weighted by Gasteiger charge is 2.16. The van der Waals surface area contributed by atoms with Crippen molar-refractivity contribution >= 4 is 34.3 Å². The van der Waals surface area contributed by atoms with E-state index in [2.05, 4.69) is 51.4 Å². The molecule has 5 rings (SSSR count). The van der Waals surface area contributed by atoms with Gasteiger partial charge in [-0.1, -0.05) is 0 Å². The summed E-state index contributed by atoms with van der Waals surface area (Å²) in [6.45, 7) is 3.68. The van der Waals surface area contributed by atoms with Crippen LogP contribution in [0.1, 0.15) is 11.3 Å². The summed E-state index contributed by atoms with van der Waals surface area (Å²) in [7, 11) is 0. The number of H-pyrrole nitrogens is 1. The molecule has 1 aliphatic heterocycles. The Morgan fingerprint density at radius 1 is 1.18 bits per heavy atom. The van der Waals surface area contributed by atoms with E-state index in [0.29, 0.717) is 31.1 Å². The molecule has 0 spiro atoms. The normalized spacial score (nSPS) is 14.0. The van der Waals surface area contributed by atoms with Crippen LogP contribution >= 0.6 is 11.8 Å². The summed E-state index contributed by atoms with van der Waals surface area (Å²) in [6.07, 6.45) is 3.44. The minimum Gasteiger partial charge on any atom is -0.383 e. The second-order valence-corrected chi connectivity index (χ2v) is 8.86. The molecule has 4 heterocycles. The van der Waals surface area contributed by atoms with Gasteiger partial charge in [0, 0.05) is 53.3 Å². The summed E-state index contributed by atoms with van der Waals surface area (Å²) in [6, 6.07) is 12.4. The lowest BCUT2D eigenvalue weighted by atomic mass is 10.1. The Balaban J connectivity index is 1.35. The quantitative estimate of drug-likeness (QED) is 0.404. The average Bonchev–Trinajstić information content (AvgIpc) is 3.48. The Bertz CT molecular complexity index is 1300. The van der Waals surface area contributed by atoms with E-state index in [0.717, 1.165) is 58.4 Å². The van der Waals surface area contributed by atoms with E-state index in [9.17, 15) is 0 Å². The third-order valence-electron chi connectivity index (χ3n) is 5.61. The standard InChI is InChI=1S/C23H24N8OS/c24-13-18-14-27-31(22(18)25)7-10-33-15-19-12-21(30-5-8-32-9-6-30)29-23(28-19)17-1-2-20-16(11-17)3-4-26-20/h1-4,11-12,14,26H,5-10,15,25H2. The number of nitrogens with two attached hydrogens (primary N) is 1. The number of aryl methyl sites for hydroxylation is 1. The molecular weight excluding hydrogens is 436 g/mol. The van der Waals surface area contributed by atoms with Gasteiger partial charge in [-0.05, 0) is 24.3 Å². The maximum atomic E-state index is 9.04. The van der Waals surface area contributed by atoms with Gasteiger partial charge in [-0.15, -0.1) is 0 Å². The summed E-state index contributed by atoms with van der Waals surface area (Å²) in [5.74, 6) is 3.62. The lowest BCUT2D eigenvalue weighted by Gasteiger charge is -2.28. The van der Waals surface area contributed by atoms with Gasteiger partial charge in [-0.2, -0.15) is 22.1 Å². The zero-order valence-corrected chi connectivity index (χ0v) is 18.9. The van der Waals surface area contributed by atoms with Crippen LogP contribution in [0.5, 0.6) is 0 Å². The molecule has 1 fully saturated rings. The van der Waals surface area contributed by atoms with Crippen LogP contribution in [0.25, 0.3) is 22.3 Å². The summed E-state index contributed by atoms with van der Waals surface area (Å²) in [5.41, 5.74) is 9.44.